The van der Waals surface area contributed by atoms with E-state index >= 15 is 0 Å². The van der Waals surface area contributed by atoms with E-state index in [0.717, 1.165) is 110 Å². The number of para-hydroxylation sites is 4. The molecule has 31 nitrogen and oxygen atoms in total. The van der Waals surface area contributed by atoms with E-state index in [1.807, 2.05) is 181 Å². The third kappa shape index (κ3) is 34.3. The number of ether oxygens (including phenoxy) is 2. The number of nitrogen functional groups attached to an aromatic ring is 1. The predicted octanol–water partition coefficient (Wildman–Crippen LogP) is 20.5. The fourth-order valence-corrected chi connectivity index (χ4v) is 16.2. The number of nitrogens with one attached hydrogen (secondary N) is 4. The Kier molecular flexibility index (Phi) is 43.4. The highest BCUT2D eigenvalue weighted by Crippen LogP contribution is 2.37. The Morgan fingerprint density at radius 2 is 0.592 bits per heavy atom. The molecule has 0 spiro atoms. The second-order valence-corrected chi connectivity index (χ2v) is 36.7. The van der Waals surface area contributed by atoms with Gasteiger partial charge in [0, 0.05) is 147 Å². The van der Waals surface area contributed by atoms with Gasteiger partial charge in [-0.2, -0.15) is 0 Å². The number of nitrogens with zero attached hydrogens (tertiary/aromatic N) is 7. The summed E-state index contributed by atoms with van der Waals surface area (Å²) in [5, 5.41) is 20.5. The average molecular weight is 2010 g/mol. The standard InChI is InChI=1S/C29H32N4O4.C27H26N4O3.C24H24N4O2.C23H27N3O5.C6H7N.C3H3ClO.3CH4/c1-29(2,3)37-28(36)33-17-15-19(16-18-33)24-14-13-23(26(30)34)25(32-24)20-9-11-21(12-10-20)27(35)31-22-7-5-4-6-8-22;1-2-24(32)31-16-14-18(15-17-31)23-13-12-22(26(28)33)25(30-23)19-8-10-20(11-9-19)27(34)29-21-6-4-3-5-7-21;25-23(29)20-10-11-21(16-12-14-26-15-13-16)28-22(20)17-6-8-18(9-7-17)24(30)27-19-4-2-1-3-5-19;1-23(2,3)31-22(30)26-12-10-14(11-13-26)18-9-8-17(20(24)27)19(25-18)15-4-6-16(7-5-15)21(28)29;7-6-4-2-1-3-5-6;1-2-3(4)5;;;/h4-14,19H,15-18H2,1-3H3,(H2,30,34)(H,31,35);2-13,18H,1,14-17H2,(H2,28,33)(H,29,34);1-11,16,26H,12-15H2,(H2,25,29)(H,27,30);4-9,14H,10-13H2,1-3H3,(H2,24,27)(H,28,29);1-5H,7H2;2H,1H2;3*1H4. The topological polar surface area (TPSA) is 483 Å². The number of primary amides is 4. The van der Waals surface area contributed by atoms with E-state index in [9.17, 15) is 57.5 Å². The quantitative estimate of drug-likeness (QED) is 0.0181. The van der Waals surface area contributed by atoms with E-state index in [-0.39, 0.29) is 87.0 Å². The number of piperidine rings is 4. The van der Waals surface area contributed by atoms with Gasteiger partial charge in [0.05, 0.1) is 50.6 Å². The maximum Gasteiger partial charge on any atom is 0.410 e. The molecular weight excluding hydrogens is 1880 g/mol. The summed E-state index contributed by atoms with van der Waals surface area (Å²) in [4.78, 5) is 167. The van der Waals surface area contributed by atoms with Crippen LogP contribution in [0.3, 0.4) is 0 Å². The van der Waals surface area contributed by atoms with Crippen LogP contribution in [-0.2, 0) is 19.1 Å². The zero-order valence-electron chi connectivity index (χ0n) is 81.2. The van der Waals surface area contributed by atoms with Gasteiger partial charge in [-0.3, -0.25) is 63.1 Å². The van der Waals surface area contributed by atoms with E-state index in [1.54, 1.807) is 130 Å². The lowest BCUT2D eigenvalue weighted by molar-refractivity contribution is -0.127. The van der Waals surface area contributed by atoms with Crippen molar-refractivity contribution in [2.24, 2.45) is 22.9 Å². The normalized spacial score (nSPS) is 13.4. The van der Waals surface area contributed by atoms with E-state index < -0.39 is 46.0 Å². The Hall–Kier alpha value is -16.7. The minimum atomic E-state index is -1.03. The lowest BCUT2D eigenvalue weighted by Crippen LogP contribution is -2.41. The van der Waals surface area contributed by atoms with Crippen LogP contribution in [0.4, 0.5) is 32.3 Å². The van der Waals surface area contributed by atoms with Gasteiger partial charge in [-0.05, 0) is 275 Å². The van der Waals surface area contributed by atoms with Crippen molar-refractivity contribution in [1.29, 1.82) is 0 Å². The molecule has 8 heterocycles. The molecule has 8 aromatic carbocycles. The average Bonchev–Trinajstić information content (AvgIpc) is 0.804. The molecule has 0 unspecified atom stereocenters. The van der Waals surface area contributed by atoms with Crippen LogP contribution >= 0.6 is 11.6 Å². The number of hydrogen-bond donors (Lipinski definition) is 10. The van der Waals surface area contributed by atoms with Gasteiger partial charge < -0.3 is 79.2 Å². The summed E-state index contributed by atoms with van der Waals surface area (Å²) in [5.74, 6) is -3.20. The van der Waals surface area contributed by atoms with Crippen LogP contribution in [0.25, 0.3) is 45.0 Å². The molecule has 0 radical (unpaired) electrons. The molecule has 4 aliphatic heterocycles. The smallest absolute Gasteiger partial charge is 0.410 e. The third-order valence-electron chi connectivity index (χ3n) is 23.7. The molecule has 16 rings (SSSR count). The van der Waals surface area contributed by atoms with Gasteiger partial charge in [0.15, 0.2) is 0 Å². The number of benzene rings is 8. The van der Waals surface area contributed by atoms with Crippen molar-refractivity contribution < 1.29 is 72.1 Å². The summed E-state index contributed by atoms with van der Waals surface area (Å²) in [6.07, 6.45) is 8.26. The number of carboxylic acid groups (broad SMARTS) is 1. The molecular formula is C115H131ClN16O15. The van der Waals surface area contributed by atoms with Crippen molar-refractivity contribution in [2.75, 3.05) is 74.0 Å². The highest BCUT2D eigenvalue weighted by atomic mass is 35.5. The molecule has 10 amide bonds. The molecule has 768 valence electrons. The van der Waals surface area contributed by atoms with Crippen molar-refractivity contribution in [1.82, 2.24) is 40.0 Å². The molecule has 32 heteroatoms. The molecule has 12 aromatic rings. The van der Waals surface area contributed by atoms with Gasteiger partial charge in [-0.15, -0.1) is 0 Å². The van der Waals surface area contributed by atoms with Gasteiger partial charge in [-0.1, -0.05) is 157 Å². The van der Waals surface area contributed by atoms with Crippen molar-refractivity contribution in [2.45, 2.75) is 150 Å². The number of aromatic carboxylic acids is 1. The van der Waals surface area contributed by atoms with Crippen LogP contribution in [-0.4, -0.2) is 174 Å². The van der Waals surface area contributed by atoms with Gasteiger partial charge in [0.2, 0.25) is 11.1 Å². The number of rotatable bonds is 21. The first-order chi connectivity index (χ1) is 68.9. The highest BCUT2D eigenvalue weighted by molar-refractivity contribution is 6.66. The number of pyridine rings is 4. The molecule has 0 bridgehead atoms. The number of carbonyl (C=O) groups is 12. The summed E-state index contributed by atoms with van der Waals surface area (Å²) in [7, 11) is 0. The number of likely N-dealkylation sites (tertiary alicyclic amines) is 3. The Bertz CT molecular complexity index is 6520. The zero-order valence-corrected chi connectivity index (χ0v) is 81.9. The molecule has 0 atom stereocenters. The van der Waals surface area contributed by atoms with Crippen LogP contribution in [0.2, 0.25) is 0 Å². The summed E-state index contributed by atoms with van der Waals surface area (Å²) in [6.45, 7) is 23.2. The maximum atomic E-state index is 12.6. The number of nitrogens with two attached hydrogens (primary N) is 5. The fraction of sp³-hybridized carbons (Fsp3) is 0.270. The lowest BCUT2D eigenvalue weighted by Gasteiger charge is -2.33. The van der Waals surface area contributed by atoms with Crippen molar-refractivity contribution in [3.63, 3.8) is 0 Å². The predicted molar refractivity (Wildman–Crippen MR) is 578 cm³/mol. The van der Waals surface area contributed by atoms with Crippen LogP contribution < -0.4 is 49.9 Å². The van der Waals surface area contributed by atoms with Gasteiger partial charge >= 0.3 is 18.2 Å². The highest BCUT2D eigenvalue weighted by Gasteiger charge is 2.33. The maximum absolute atomic E-state index is 12.6. The summed E-state index contributed by atoms with van der Waals surface area (Å²) < 4.78 is 10.9. The molecule has 4 aromatic heterocycles. The van der Waals surface area contributed by atoms with Gasteiger partial charge in [-0.25, -0.2) is 14.4 Å². The lowest BCUT2D eigenvalue weighted by atomic mass is 9.91. The minimum absolute atomic E-state index is 0. The Morgan fingerprint density at radius 1 is 0.354 bits per heavy atom. The summed E-state index contributed by atoms with van der Waals surface area (Å²) in [5.41, 5.74) is 40.8. The van der Waals surface area contributed by atoms with E-state index in [0.29, 0.717) is 129 Å². The second-order valence-electron chi connectivity index (χ2n) is 36.3. The van der Waals surface area contributed by atoms with Crippen LogP contribution in [0.15, 0.2) is 292 Å². The number of hydrogen-bond acceptors (Lipinski definition) is 20. The first-order valence-corrected chi connectivity index (χ1v) is 47.4. The number of amides is 10. The summed E-state index contributed by atoms with van der Waals surface area (Å²) in [6, 6.07) is 78.5. The molecule has 147 heavy (non-hydrogen) atoms. The second kappa shape index (κ2) is 55.3. The number of carbonyl (C=O) groups excluding carboxylic acids is 11. The van der Waals surface area contributed by atoms with E-state index in [2.05, 4.69) is 34.4 Å². The Balaban J connectivity index is 0.000000229. The van der Waals surface area contributed by atoms with Crippen molar-refractivity contribution >= 4 is 105 Å². The van der Waals surface area contributed by atoms with Gasteiger partial charge in [0.1, 0.15) is 11.2 Å². The van der Waals surface area contributed by atoms with Crippen LogP contribution in [0.1, 0.15) is 245 Å². The van der Waals surface area contributed by atoms with Crippen molar-refractivity contribution in [3.05, 3.63) is 360 Å². The number of aromatic nitrogens is 4. The zero-order chi connectivity index (χ0) is 104. The van der Waals surface area contributed by atoms with E-state index in [4.69, 9.17) is 74.8 Å². The first kappa shape index (κ1) is 116. The largest absolute Gasteiger partial charge is 0.478 e. The van der Waals surface area contributed by atoms with Crippen molar-refractivity contribution in [3.8, 4) is 45.0 Å². The van der Waals surface area contributed by atoms with E-state index in [1.165, 1.54) is 18.2 Å². The molecule has 15 N–H and O–H groups in total. The van der Waals surface area contributed by atoms with Gasteiger partial charge in [0.25, 0.3) is 41.4 Å². The molecule has 4 fully saturated rings. The third-order valence-corrected chi connectivity index (χ3v) is 23.9. The Morgan fingerprint density at radius 3 is 0.810 bits per heavy atom. The molecule has 4 aliphatic rings. The SMILES string of the molecule is C.C.C.C=CC(=O)Cl.C=CC(=O)N1CCC(c2ccc(C(N)=O)c(-c3ccc(C(=O)Nc4ccccc4)cc3)n2)CC1.CC(C)(C)OC(=O)N1CCC(c2ccc(C(N)=O)c(-c3ccc(C(=O)Nc4ccccc4)cc3)n2)CC1.CC(C)(C)OC(=O)N1CCC(c2ccc(C(N)=O)c(-c3ccc(C(=O)O)cc3)n2)CC1.NC(=O)c1ccc(C2CCNCC2)nc1-c1ccc(C(=O)Nc2ccccc2)cc1.Nc1ccccc1. The number of halogens is 1. The first-order valence-electron chi connectivity index (χ1n) is 47.1. The summed E-state index contributed by atoms with van der Waals surface area (Å²) >= 11 is 4.71. The number of anilines is 4. The fourth-order valence-electron chi connectivity index (χ4n) is 16.2. The molecule has 0 saturated carbocycles. The Labute approximate surface area is 863 Å². The molecule has 0 aliphatic carbocycles. The van der Waals surface area contributed by atoms with Crippen LogP contribution in [0, 0.1) is 0 Å². The number of carboxylic acids is 1. The monoisotopic (exact) mass is 2010 g/mol. The number of allylic oxidation sites excluding steroid dienone is 1. The molecule has 4 saturated heterocycles. The minimum Gasteiger partial charge on any atom is -0.478 e. The van der Waals surface area contributed by atoms with Crippen LogP contribution in [0.5, 0.6) is 0 Å².